The number of hydrogen-bond donors (Lipinski definition) is 1. The average Bonchev–Trinajstić information content (AvgIpc) is 3.23. The molecule has 10 heteroatoms. The van der Waals surface area contributed by atoms with Gasteiger partial charge in [0.25, 0.3) is 0 Å². The Labute approximate surface area is 191 Å². The number of benzene rings is 2. The fourth-order valence-electron chi connectivity index (χ4n) is 4.18. The van der Waals surface area contributed by atoms with Crippen molar-refractivity contribution in [1.29, 1.82) is 0 Å². The molecule has 6 nitrogen and oxygen atoms in total. The first-order valence-electron chi connectivity index (χ1n) is 10.6. The van der Waals surface area contributed by atoms with Gasteiger partial charge in [0.2, 0.25) is 0 Å². The quantitative estimate of drug-likeness (QED) is 0.571. The van der Waals surface area contributed by atoms with Crippen LogP contribution >= 0.6 is 0 Å². The van der Waals surface area contributed by atoms with Gasteiger partial charge in [0.15, 0.2) is 0 Å². The number of hydrogen-bond acceptors (Lipinski definition) is 4. The Morgan fingerprint density at radius 1 is 1.15 bits per heavy atom. The van der Waals surface area contributed by atoms with Crippen molar-refractivity contribution >= 4 is 15.7 Å². The molecule has 0 amide bonds. The highest BCUT2D eigenvalue weighted by Crippen LogP contribution is 2.36. The number of imidazole rings is 1. The molecule has 0 aliphatic carbocycles. The summed E-state index contributed by atoms with van der Waals surface area (Å²) < 4.78 is 66.0. The zero-order valence-electron chi connectivity index (χ0n) is 18.1. The summed E-state index contributed by atoms with van der Waals surface area (Å²) in [7, 11) is -5.49. The third-order valence-corrected chi connectivity index (χ3v) is 7.43. The number of rotatable bonds is 6. The van der Waals surface area contributed by atoms with Crippen LogP contribution in [0.1, 0.15) is 28.8 Å². The van der Waals surface area contributed by atoms with E-state index in [0.717, 1.165) is 22.5 Å². The van der Waals surface area contributed by atoms with Gasteiger partial charge in [0.1, 0.15) is 0 Å². The average molecular weight is 479 g/mol. The van der Waals surface area contributed by atoms with E-state index in [1.165, 1.54) is 0 Å². The molecular weight excluding hydrogens is 453 g/mol. The SMILES string of the molecule is Cc1ccc2c(c1)N(Cc1cnc[nH]1)[C@@H](CCc1ccccc1)CN(S(=O)(=O)C(F)(F)F)C2. The van der Waals surface area contributed by atoms with Gasteiger partial charge in [-0.05, 0) is 42.5 Å². The lowest BCUT2D eigenvalue weighted by molar-refractivity contribution is -0.0492. The van der Waals surface area contributed by atoms with Crippen LogP contribution in [-0.4, -0.2) is 40.8 Å². The molecule has 0 saturated heterocycles. The minimum atomic E-state index is -5.49. The second-order valence-electron chi connectivity index (χ2n) is 8.26. The Hall–Kier alpha value is -2.85. The van der Waals surface area contributed by atoms with E-state index in [2.05, 4.69) is 9.97 Å². The maximum atomic E-state index is 13.5. The van der Waals surface area contributed by atoms with Crippen LogP contribution in [0.25, 0.3) is 0 Å². The molecule has 4 rings (SSSR count). The highest BCUT2D eigenvalue weighted by atomic mass is 32.2. The van der Waals surface area contributed by atoms with E-state index in [9.17, 15) is 21.6 Å². The van der Waals surface area contributed by atoms with Crippen LogP contribution in [0.4, 0.5) is 18.9 Å². The van der Waals surface area contributed by atoms with Crippen molar-refractivity contribution in [3.63, 3.8) is 0 Å². The molecule has 0 spiro atoms. The molecule has 2 aromatic carbocycles. The molecule has 0 saturated carbocycles. The third-order valence-electron chi connectivity index (χ3n) is 5.89. The summed E-state index contributed by atoms with van der Waals surface area (Å²) in [6, 6.07) is 14.6. The van der Waals surface area contributed by atoms with Crippen LogP contribution in [0.5, 0.6) is 0 Å². The van der Waals surface area contributed by atoms with Gasteiger partial charge in [0.05, 0.1) is 18.6 Å². The number of aromatic amines is 1. The summed E-state index contributed by atoms with van der Waals surface area (Å²) in [5.41, 5.74) is -1.31. The largest absolute Gasteiger partial charge is 0.511 e. The second kappa shape index (κ2) is 9.18. The number of nitrogens with zero attached hydrogens (tertiary/aromatic N) is 3. The van der Waals surface area contributed by atoms with Crippen molar-refractivity contribution < 1.29 is 21.6 Å². The molecule has 176 valence electrons. The fraction of sp³-hybridized carbons (Fsp3) is 0.348. The predicted molar refractivity (Wildman–Crippen MR) is 120 cm³/mol. The van der Waals surface area contributed by atoms with Gasteiger partial charge in [-0.1, -0.05) is 42.5 Å². The van der Waals surface area contributed by atoms with E-state index in [0.29, 0.717) is 29.3 Å². The maximum Gasteiger partial charge on any atom is 0.511 e. The Bertz CT molecular complexity index is 1180. The summed E-state index contributed by atoms with van der Waals surface area (Å²) in [5, 5.41) is 0. The number of alkyl halides is 3. The molecule has 2 heterocycles. The Morgan fingerprint density at radius 2 is 1.91 bits per heavy atom. The molecular formula is C23H25F3N4O2S. The van der Waals surface area contributed by atoms with E-state index in [4.69, 9.17) is 0 Å². The van der Waals surface area contributed by atoms with Crippen molar-refractivity contribution in [3.8, 4) is 0 Å². The Balaban J connectivity index is 1.76. The molecule has 3 aromatic rings. The predicted octanol–water partition coefficient (Wildman–Crippen LogP) is 4.39. The first-order chi connectivity index (χ1) is 15.6. The van der Waals surface area contributed by atoms with E-state index in [-0.39, 0.29) is 13.1 Å². The summed E-state index contributed by atoms with van der Waals surface area (Å²) in [5.74, 6) is 0. The Kier molecular flexibility index (Phi) is 6.49. The van der Waals surface area contributed by atoms with Gasteiger partial charge in [0, 0.05) is 31.0 Å². The number of H-pyrrole nitrogens is 1. The van der Waals surface area contributed by atoms with E-state index < -0.39 is 21.6 Å². The van der Waals surface area contributed by atoms with Gasteiger partial charge in [-0.25, -0.2) is 13.4 Å². The van der Waals surface area contributed by atoms with Crippen LogP contribution in [0.3, 0.4) is 0 Å². The smallest absolute Gasteiger partial charge is 0.361 e. The van der Waals surface area contributed by atoms with Crippen molar-refractivity contribution in [3.05, 3.63) is 83.4 Å². The fourth-order valence-corrected chi connectivity index (χ4v) is 5.15. The number of nitrogens with one attached hydrogen (secondary N) is 1. The standard InChI is InChI=1S/C23H25F3N4O2S/c1-17-7-9-19-13-29(33(31,32)23(24,25)26)15-21(10-8-18-5-3-2-4-6-18)30(22(19)11-17)14-20-12-27-16-28-20/h2-7,9,11-12,16,21H,8,10,13-15H2,1H3,(H,27,28)/t21-/m0/s1. The van der Waals surface area contributed by atoms with Crippen molar-refractivity contribution in [1.82, 2.24) is 14.3 Å². The molecule has 33 heavy (non-hydrogen) atoms. The summed E-state index contributed by atoms with van der Waals surface area (Å²) in [6.07, 6.45) is 4.30. The van der Waals surface area contributed by atoms with E-state index >= 15 is 0 Å². The number of anilines is 1. The van der Waals surface area contributed by atoms with Gasteiger partial charge in [-0.2, -0.15) is 17.5 Å². The number of halogens is 3. The lowest BCUT2D eigenvalue weighted by atomic mass is 10.0. The lowest BCUT2D eigenvalue weighted by Gasteiger charge is -2.34. The molecule has 1 N–H and O–H groups in total. The second-order valence-corrected chi connectivity index (χ2v) is 10.2. The lowest BCUT2D eigenvalue weighted by Crippen LogP contribution is -2.47. The molecule has 0 radical (unpaired) electrons. The third kappa shape index (κ3) is 5.06. The van der Waals surface area contributed by atoms with Gasteiger partial charge in [-0.3, -0.25) is 0 Å². The van der Waals surface area contributed by atoms with Crippen molar-refractivity contribution in [2.24, 2.45) is 0 Å². The minimum absolute atomic E-state index is 0.267. The zero-order valence-corrected chi connectivity index (χ0v) is 18.9. The van der Waals surface area contributed by atoms with Crippen LogP contribution < -0.4 is 4.90 Å². The van der Waals surface area contributed by atoms with Gasteiger partial charge in [-0.15, -0.1) is 0 Å². The van der Waals surface area contributed by atoms with E-state index in [1.807, 2.05) is 48.2 Å². The summed E-state index contributed by atoms with van der Waals surface area (Å²) in [4.78, 5) is 9.10. The molecule has 0 fully saturated rings. The number of fused-ring (bicyclic) bond motifs is 1. The highest BCUT2D eigenvalue weighted by Gasteiger charge is 2.51. The van der Waals surface area contributed by atoms with Gasteiger partial charge < -0.3 is 9.88 Å². The van der Waals surface area contributed by atoms with Crippen LogP contribution in [0.15, 0.2) is 61.1 Å². The minimum Gasteiger partial charge on any atom is -0.361 e. The van der Waals surface area contributed by atoms with E-state index in [1.54, 1.807) is 24.7 Å². The number of sulfonamides is 1. The summed E-state index contributed by atoms with van der Waals surface area (Å²) in [6.45, 7) is 1.67. The van der Waals surface area contributed by atoms with Crippen LogP contribution in [0, 0.1) is 6.92 Å². The molecule has 1 aliphatic rings. The molecule has 0 unspecified atom stereocenters. The number of aryl methyl sites for hydroxylation is 2. The topological polar surface area (TPSA) is 69.3 Å². The zero-order chi connectivity index (χ0) is 23.6. The maximum absolute atomic E-state index is 13.5. The van der Waals surface area contributed by atoms with Crippen molar-refractivity contribution in [2.45, 2.75) is 44.4 Å². The normalized spacial score (nSPS) is 17.6. The number of aromatic nitrogens is 2. The molecule has 1 atom stereocenters. The summed E-state index contributed by atoms with van der Waals surface area (Å²) >= 11 is 0. The first kappa shape index (κ1) is 23.3. The molecule has 1 aliphatic heterocycles. The van der Waals surface area contributed by atoms with Crippen molar-refractivity contribution in [2.75, 3.05) is 11.4 Å². The first-order valence-corrected chi connectivity index (χ1v) is 12.0. The monoisotopic (exact) mass is 478 g/mol. The molecule has 1 aromatic heterocycles. The molecule has 0 bridgehead atoms. The highest BCUT2D eigenvalue weighted by molar-refractivity contribution is 7.89. The van der Waals surface area contributed by atoms with Gasteiger partial charge >= 0.3 is 15.5 Å². The van der Waals surface area contributed by atoms with Crippen LogP contribution in [0.2, 0.25) is 0 Å². The Morgan fingerprint density at radius 3 is 2.58 bits per heavy atom. The van der Waals surface area contributed by atoms with Crippen LogP contribution in [-0.2, 0) is 29.5 Å².